The van der Waals surface area contributed by atoms with Gasteiger partial charge in [-0.2, -0.15) is 0 Å². The fraction of sp³-hybridized carbons (Fsp3) is 0.647. The molecular weight excluding hydrogens is 262 g/mol. The Morgan fingerprint density at radius 3 is 2.67 bits per heavy atom. The van der Waals surface area contributed by atoms with Gasteiger partial charge in [-0.25, -0.2) is 4.98 Å². The third-order valence-corrected chi connectivity index (χ3v) is 3.94. The zero-order chi connectivity index (χ0) is 15.4. The molecule has 4 nitrogen and oxygen atoms in total. The monoisotopic (exact) mass is 289 g/mol. The van der Waals surface area contributed by atoms with Crippen molar-refractivity contribution in [3.63, 3.8) is 0 Å². The number of amides is 1. The lowest BCUT2D eigenvalue weighted by molar-refractivity contribution is 0.0740. The van der Waals surface area contributed by atoms with Crippen LogP contribution in [0.1, 0.15) is 68.4 Å². The Morgan fingerprint density at radius 1 is 1.43 bits per heavy atom. The summed E-state index contributed by atoms with van der Waals surface area (Å²) in [6.07, 6.45) is 4.49. The fourth-order valence-electron chi connectivity index (χ4n) is 2.43. The molecule has 0 aromatic carbocycles. The van der Waals surface area contributed by atoms with Gasteiger partial charge in [0.2, 0.25) is 0 Å². The zero-order valence-electron chi connectivity index (χ0n) is 13.6. The van der Waals surface area contributed by atoms with Gasteiger partial charge in [0.1, 0.15) is 5.82 Å². The summed E-state index contributed by atoms with van der Waals surface area (Å²) in [6, 6.07) is 4.28. The van der Waals surface area contributed by atoms with Gasteiger partial charge in [-0.3, -0.25) is 4.79 Å². The van der Waals surface area contributed by atoms with Crippen molar-refractivity contribution in [3.8, 4) is 0 Å². The van der Waals surface area contributed by atoms with Crippen LogP contribution in [0.25, 0.3) is 0 Å². The van der Waals surface area contributed by atoms with Gasteiger partial charge >= 0.3 is 0 Å². The first-order chi connectivity index (χ1) is 10.1. The van der Waals surface area contributed by atoms with Crippen molar-refractivity contribution in [2.24, 2.45) is 0 Å². The molecular formula is C17H27N3O. The van der Waals surface area contributed by atoms with Crippen molar-refractivity contribution in [1.82, 2.24) is 9.88 Å². The summed E-state index contributed by atoms with van der Waals surface area (Å²) in [4.78, 5) is 19.4. The number of hydrogen-bond acceptors (Lipinski definition) is 3. The summed E-state index contributed by atoms with van der Waals surface area (Å²) in [7, 11) is 1.84. The van der Waals surface area contributed by atoms with E-state index < -0.39 is 0 Å². The summed E-state index contributed by atoms with van der Waals surface area (Å²) >= 11 is 0. The van der Waals surface area contributed by atoms with E-state index in [1.54, 1.807) is 0 Å². The molecule has 4 heteroatoms. The van der Waals surface area contributed by atoms with Gasteiger partial charge < -0.3 is 10.2 Å². The van der Waals surface area contributed by atoms with Crippen molar-refractivity contribution in [2.45, 2.75) is 58.4 Å². The van der Waals surface area contributed by atoms with E-state index in [4.69, 9.17) is 0 Å². The second-order valence-corrected chi connectivity index (χ2v) is 6.15. The Hall–Kier alpha value is -1.58. The summed E-state index contributed by atoms with van der Waals surface area (Å²) in [5.41, 5.74) is 1.73. The molecule has 2 rings (SSSR count). The lowest BCUT2D eigenvalue weighted by atomic mass is 10.1. The molecule has 1 aliphatic rings. The molecule has 0 radical (unpaired) electrons. The highest BCUT2D eigenvalue weighted by atomic mass is 16.2. The smallest absolute Gasteiger partial charge is 0.254 e. The van der Waals surface area contributed by atoms with Crippen molar-refractivity contribution in [1.29, 1.82) is 0 Å². The Morgan fingerprint density at radius 2 is 2.14 bits per heavy atom. The molecule has 1 aliphatic carbocycles. The molecule has 0 spiro atoms. The van der Waals surface area contributed by atoms with Crippen LogP contribution < -0.4 is 5.32 Å². The molecule has 1 fully saturated rings. The van der Waals surface area contributed by atoms with Gasteiger partial charge in [0.25, 0.3) is 5.91 Å². The molecule has 0 bridgehead atoms. The third kappa shape index (κ3) is 3.96. The Kier molecular flexibility index (Phi) is 5.21. The molecule has 1 heterocycles. The Labute approximate surface area is 127 Å². The second-order valence-electron chi connectivity index (χ2n) is 6.15. The average molecular weight is 289 g/mol. The molecule has 116 valence electrons. The number of pyridine rings is 1. The molecule has 1 aromatic rings. The van der Waals surface area contributed by atoms with E-state index in [9.17, 15) is 4.79 Å². The van der Waals surface area contributed by atoms with Crippen molar-refractivity contribution >= 4 is 11.7 Å². The van der Waals surface area contributed by atoms with Crippen LogP contribution in [0.3, 0.4) is 0 Å². The van der Waals surface area contributed by atoms with Gasteiger partial charge in [-0.15, -0.1) is 0 Å². The number of aromatic nitrogens is 1. The number of carbonyl (C=O) groups is 1. The van der Waals surface area contributed by atoms with E-state index in [1.165, 1.54) is 0 Å². The van der Waals surface area contributed by atoms with Gasteiger partial charge in [0, 0.05) is 30.9 Å². The van der Waals surface area contributed by atoms with Crippen LogP contribution in [-0.2, 0) is 0 Å². The number of carbonyl (C=O) groups excluding carboxylic acids is 1. The maximum atomic E-state index is 12.8. The maximum absolute atomic E-state index is 12.8. The minimum absolute atomic E-state index is 0.159. The van der Waals surface area contributed by atoms with Crippen LogP contribution >= 0.6 is 0 Å². The third-order valence-electron chi connectivity index (χ3n) is 3.94. The molecule has 0 saturated heterocycles. The molecule has 1 saturated carbocycles. The maximum Gasteiger partial charge on any atom is 0.254 e. The van der Waals surface area contributed by atoms with E-state index in [0.717, 1.165) is 49.3 Å². The van der Waals surface area contributed by atoms with Crippen molar-refractivity contribution < 1.29 is 4.79 Å². The molecule has 1 N–H and O–H groups in total. The first-order valence-electron chi connectivity index (χ1n) is 8.07. The molecule has 0 unspecified atom stereocenters. The minimum atomic E-state index is 0.159. The number of nitrogens with zero attached hydrogens (tertiary/aromatic N) is 2. The highest BCUT2D eigenvalue weighted by molar-refractivity contribution is 5.95. The van der Waals surface area contributed by atoms with Gasteiger partial charge in [-0.05, 0) is 37.3 Å². The Balaban J connectivity index is 2.25. The van der Waals surface area contributed by atoms with Crippen molar-refractivity contribution in [3.05, 3.63) is 23.4 Å². The molecule has 21 heavy (non-hydrogen) atoms. The zero-order valence-corrected chi connectivity index (χ0v) is 13.6. The molecule has 1 aromatic heterocycles. The van der Waals surface area contributed by atoms with E-state index >= 15 is 0 Å². The highest BCUT2D eigenvalue weighted by Crippen LogP contribution is 2.29. The minimum Gasteiger partial charge on any atom is -0.373 e. The average Bonchev–Trinajstić information content (AvgIpc) is 3.31. The Bertz CT molecular complexity index is 495. The first-order valence-corrected chi connectivity index (χ1v) is 8.07. The predicted molar refractivity (Wildman–Crippen MR) is 86.8 cm³/mol. The second kappa shape index (κ2) is 6.92. The number of unbranched alkanes of at least 4 members (excludes halogenated alkanes) is 1. The van der Waals surface area contributed by atoms with Gasteiger partial charge in [-0.1, -0.05) is 27.2 Å². The van der Waals surface area contributed by atoms with Crippen LogP contribution in [0.2, 0.25) is 0 Å². The summed E-state index contributed by atoms with van der Waals surface area (Å²) in [5, 5.41) is 3.06. The lowest BCUT2D eigenvalue weighted by Crippen LogP contribution is -2.34. The molecule has 0 aliphatic heterocycles. The lowest BCUT2D eigenvalue weighted by Gasteiger charge is -2.23. The summed E-state index contributed by atoms with van der Waals surface area (Å²) in [5.74, 6) is 1.25. The highest BCUT2D eigenvalue weighted by Gasteiger charge is 2.32. The van der Waals surface area contributed by atoms with Crippen LogP contribution in [0, 0.1) is 0 Å². The van der Waals surface area contributed by atoms with Crippen LogP contribution in [-0.4, -0.2) is 35.4 Å². The van der Waals surface area contributed by atoms with Crippen LogP contribution in [0.5, 0.6) is 0 Å². The topological polar surface area (TPSA) is 45.2 Å². The normalized spacial score (nSPS) is 14.3. The van der Waals surface area contributed by atoms with E-state index in [2.05, 4.69) is 36.0 Å². The summed E-state index contributed by atoms with van der Waals surface area (Å²) in [6.45, 7) is 7.24. The van der Waals surface area contributed by atoms with E-state index in [0.29, 0.717) is 12.0 Å². The fourth-order valence-corrected chi connectivity index (χ4v) is 2.43. The van der Waals surface area contributed by atoms with Crippen LogP contribution in [0.4, 0.5) is 5.82 Å². The van der Waals surface area contributed by atoms with Gasteiger partial charge in [0.05, 0.1) is 0 Å². The van der Waals surface area contributed by atoms with E-state index in [-0.39, 0.29) is 5.91 Å². The summed E-state index contributed by atoms with van der Waals surface area (Å²) < 4.78 is 0. The molecule has 0 atom stereocenters. The SMILES string of the molecule is CCCCN(C(=O)c1cc(NC)nc(C(C)C)c1)C1CC1. The van der Waals surface area contributed by atoms with E-state index in [1.807, 2.05) is 19.2 Å². The largest absolute Gasteiger partial charge is 0.373 e. The predicted octanol–water partition coefficient (Wildman–Crippen LogP) is 3.65. The van der Waals surface area contributed by atoms with Gasteiger partial charge in [0.15, 0.2) is 0 Å². The number of nitrogens with one attached hydrogen (secondary N) is 1. The number of rotatable bonds is 7. The standard InChI is InChI=1S/C17H27N3O/c1-5-6-9-20(14-7-8-14)17(21)13-10-15(12(2)3)19-16(11-13)18-4/h10-12,14H,5-9H2,1-4H3,(H,18,19). The number of hydrogen-bond donors (Lipinski definition) is 1. The van der Waals surface area contributed by atoms with Crippen molar-refractivity contribution in [2.75, 3.05) is 18.9 Å². The number of anilines is 1. The molecule has 1 amide bonds. The quantitative estimate of drug-likeness (QED) is 0.833. The van der Waals surface area contributed by atoms with Crippen LogP contribution in [0.15, 0.2) is 12.1 Å². The first kappa shape index (κ1) is 15.8.